The van der Waals surface area contributed by atoms with E-state index in [0.29, 0.717) is 0 Å². The van der Waals surface area contributed by atoms with Gasteiger partial charge in [-0.1, -0.05) is 67.6 Å². The second-order valence-corrected chi connectivity index (χ2v) is 11.6. The molecule has 0 saturated carbocycles. The van der Waals surface area contributed by atoms with Gasteiger partial charge in [0.1, 0.15) is 0 Å². The zero-order valence-electron chi connectivity index (χ0n) is 24.3. The Labute approximate surface area is 236 Å². The summed E-state index contributed by atoms with van der Waals surface area (Å²) in [6, 6.07) is 14.6. The number of hydrogen-bond donors (Lipinski definition) is 0. The number of aryl methyl sites for hydroxylation is 3. The van der Waals surface area contributed by atoms with Crippen molar-refractivity contribution < 1.29 is 13.2 Å². The monoisotopic (exact) mass is 544 g/mol. The van der Waals surface area contributed by atoms with E-state index >= 15 is 0 Å². The molecule has 2 aromatic carbocycles. The molecule has 2 fully saturated rings. The van der Waals surface area contributed by atoms with Gasteiger partial charge in [-0.05, 0) is 134 Å². The molecule has 0 atom stereocenters. The van der Waals surface area contributed by atoms with Gasteiger partial charge in [0.05, 0.1) is 5.56 Å². The number of unbranched alkanes of at least 4 members (excludes halogenated alkanes) is 4. The third kappa shape index (κ3) is 13.4. The third-order valence-electron chi connectivity index (χ3n) is 8.18. The van der Waals surface area contributed by atoms with Gasteiger partial charge in [-0.3, -0.25) is 0 Å². The first-order chi connectivity index (χ1) is 18.9. The van der Waals surface area contributed by atoms with Crippen molar-refractivity contribution in [3.63, 3.8) is 0 Å². The van der Waals surface area contributed by atoms with Crippen molar-refractivity contribution in [1.29, 1.82) is 0 Å². The second-order valence-electron chi connectivity index (χ2n) is 11.6. The van der Waals surface area contributed by atoms with Gasteiger partial charge in [-0.15, -0.1) is 0 Å². The molecule has 0 radical (unpaired) electrons. The summed E-state index contributed by atoms with van der Waals surface area (Å²) in [7, 11) is 0. The maximum Gasteiger partial charge on any atom is 0.416 e. The number of hydrogen-bond acceptors (Lipinski definition) is 2. The Bertz CT molecular complexity index is 880. The Morgan fingerprint density at radius 3 is 1.36 bits per heavy atom. The van der Waals surface area contributed by atoms with Gasteiger partial charge >= 0.3 is 6.18 Å². The molecule has 4 rings (SSSR count). The molecule has 0 unspecified atom stereocenters. The van der Waals surface area contributed by atoms with Gasteiger partial charge in [0.15, 0.2) is 0 Å². The Morgan fingerprint density at radius 2 is 0.949 bits per heavy atom. The lowest BCUT2D eigenvalue weighted by molar-refractivity contribution is -0.137. The van der Waals surface area contributed by atoms with Crippen molar-refractivity contribution in [2.75, 3.05) is 39.3 Å². The van der Waals surface area contributed by atoms with E-state index in [1.54, 1.807) is 12.1 Å². The van der Waals surface area contributed by atoms with Gasteiger partial charge in [-0.25, -0.2) is 0 Å². The van der Waals surface area contributed by atoms with Gasteiger partial charge in [0, 0.05) is 0 Å². The van der Waals surface area contributed by atoms with Gasteiger partial charge in [0.25, 0.3) is 0 Å². The zero-order chi connectivity index (χ0) is 27.8. The van der Waals surface area contributed by atoms with Crippen molar-refractivity contribution in [2.24, 2.45) is 0 Å². The lowest BCUT2D eigenvalue weighted by atomic mass is 10.0. The average molecular weight is 545 g/mol. The van der Waals surface area contributed by atoms with Crippen LogP contribution in [0.5, 0.6) is 0 Å². The van der Waals surface area contributed by atoms with Crippen LogP contribution in [0.25, 0.3) is 0 Å². The Balaban J connectivity index is 0.000000218. The highest BCUT2D eigenvalue weighted by Crippen LogP contribution is 2.29. The van der Waals surface area contributed by atoms with Crippen LogP contribution in [0.1, 0.15) is 99.3 Å². The van der Waals surface area contributed by atoms with Crippen molar-refractivity contribution >= 4 is 0 Å². The van der Waals surface area contributed by atoms with Crippen molar-refractivity contribution in [1.82, 2.24) is 9.80 Å². The van der Waals surface area contributed by atoms with E-state index in [1.807, 2.05) is 0 Å². The fourth-order valence-electron chi connectivity index (χ4n) is 5.66. The fraction of sp³-hybridized carbons (Fsp3) is 0.647. The molecule has 0 aromatic heterocycles. The van der Waals surface area contributed by atoms with Crippen molar-refractivity contribution in [3.8, 4) is 0 Å². The van der Waals surface area contributed by atoms with Crippen LogP contribution in [-0.4, -0.2) is 49.1 Å². The topological polar surface area (TPSA) is 6.48 Å². The highest BCUT2D eigenvalue weighted by atomic mass is 19.4. The molecule has 39 heavy (non-hydrogen) atoms. The molecular formula is C34H51F3N2. The predicted octanol–water partition coefficient (Wildman–Crippen LogP) is 9.10. The van der Waals surface area contributed by atoms with Crippen molar-refractivity contribution in [2.45, 2.75) is 103 Å². The van der Waals surface area contributed by atoms with Crippen LogP contribution in [0.15, 0.2) is 48.5 Å². The van der Waals surface area contributed by atoms with E-state index in [4.69, 9.17) is 0 Å². The zero-order valence-corrected chi connectivity index (χ0v) is 24.3. The number of alkyl halides is 3. The van der Waals surface area contributed by atoms with Crippen LogP contribution < -0.4 is 0 Å². The van der Waals surface area contributed by atoms with Gasteiger partial charge in [-0.2, -0.15) is 13.2 Å². The minimum atomic E-state index is -4.23. The van der Waals surface area contributed by atoms with E-state index in [2.05, 4.69) is 41.0 Å². The summed E-state index contributed by atoms with van der Waals surface area (Å²) < 4.78 is 37.3. The largest absolute Gasteiger partial charge is 0.416 e. The molecule has 2 aliphatic heterocycles. The summed E-state index contributed by atoms with van der Waals surface area (Å²) in [6.07, 6.45) is 13.7. The highest BCUT2D eigenvalue weighted by Gasteiger charge is 2.29. The SMILES string of the molecule is Cc1ccc(CCCCCN2CCCCC2)cc1.FC(F)(F)c1ccc(CCCCCN2CCCCC2)cc1. The smallest absolute Gasteiger partial charge is 0.303 e. The lowest BCUT2D eigenvalue weighted by Crippen LogP contribution is -2.30. The highest BCUT2D eigenvalue weighted by molar-refractivity contribution is 5.24. The summed E-state index contributed by atoms with van der Waals surface area (Å²) in [5.41, 5.74) is 3.31. The summed E-state index contributed by atoms with van der Waals surface area (Å²) in [6.45, 7) is 9.82. The van der Waals surface area contributed by atoms with Crippen LogP contribution in [-0.2, 0) is 19.0 Å². The summed E-state index contributed by atoms with van der Waals surface area (Å²) >= 11 is 0. The number of likely N-dealkylation sites (tertiary alicyclic amines) is 2. The second kappa shape index (κ2) is 17.8. The first kappa shape index (κ1) is 31.7. The third-order valence-corrected chi connectivity index (χ3v) is 8.18. The van der Waals surface area contributed by atoms with E-state index < -0.39 is 11.7 Å². The van der Waals surface area contributed by atoms with E-state index in [1.165, 1.54) is 133 Å². The molecule has 2 aromatic rings. The Hall–Kier alpha value is -1.85. The molecule has 0 spiro atoms. The maximum absolute atomic E-state index is 12.4. The fourth-order valence-corrected chi connectivity index (χ4v) is 5.66. The number of nitrogens with zero attached hydrogens (tertiary/aromatic N) is 2. The molecule has 2 aliphatic rings. The Morgan fingerprint density at radius 1 is 0.538 bits per heavy atom. The molecule has 5 heteroatoms. The average Bonchev–Trinajstić information content (AvgIpc) is 2.95. The standard InChI is InChI=1S/C17H24F3N.C17H27N/c18-17(19,20)16-10-8-15(9-11-16)7-3-1-4-12-21-13-5-2-6-14-21;1-16-9-11-17(12-10-16)8-4-2-5-13-18-14-6-3-7-15-18/h8-11H,1-7,12-14H2;9-12H,2-8,13-15H2,1H3. The molecular weight excluding hydrogens is 493 g/mol. The molecule has 0 aliphatic carbocycles. The number of benzene rings is 2. The predicted molar refractivity (Wildman–Crippen MR) is 158 cm³/mol. The first-order valence-electron chi connectivity index (χ1n) is 15.6. The molecule has 218 valence electrons. The quantitative estimate of drug-likeness (QED) is 0.246. The number of halogens is 3. The minimum absolute atomic E-state index is 0.559. The minimum Gasteiger partial charge on any atom is -0.303 e. The Kier molecular flexibility index (Phi) is 14.4. The molecule has 2 nitrogen and oxygen atoms in total. The lowest BCUT2D eigenvalue weighted by Gasteiger charge is -2.26. The molecule has 0 bridgehead atoms. The van der Waals surface area contributed by atoms with Crippen molar-refractivity contribution in [3.05, 3.63) is 70.8 Å². The van der Waals surface area contributed by atoms with E-state index in [-0.39, 0.29) is 0 Å². The molecule has 2 heterocycles. The number of rotatable bonds is 12. The maximum atomic E-state index is 12.4. The van der Waals surface area contributed by atoms with Gasteiger partial charge < -0.3 is 9.80 Å². The molecule has 0 amide bonds. The molecule has 0 N–H and O–H groups in total. The first-order valence-corrected chi connectivity index (χ1v) is 15.6. The van der Waals surface area contributed by atoms with E-state index in [0.717, 1.165) is 24.8 Å². The van der Waals surface area contributed by atoms with Crippen LogP contribution >= 0.6 is 0 Å². The normalized spacial score (nSPS) is 17.0. The van der Waals surface area contributed by atoms with E-state index in [9.17, 15) is 13.2 Å². The summed E-state index contributed by atoms with van der Waals surface area (Å²) in [4.78, 5) is 5.18. The molecule has 2 saturated heterocycles. The summed E-state index contributed by atoms with van der Waals surface area (Å²) in [5, 5.41) is 0. The summed E-state index contributed by atoms with van der Waals surface area (Å²) in [5.74, 6) is 0. The van der Waals surface area contributed by atoms with Crippen LogP contribution in [0.2, 0.25) is 0 Å². The number of piperidine rings is 2. The van der Waals surface area contributed by atoms with Crippen LogP contribution in [0, 0.1) is 6.92 Å². The van der Waals surface area contributed by atoms with Crippen LogP contribution in [0.3, 0.4) is 0 Å². The van der Waals surface area contributed by atoms with Gasteiger partial charge in [0.2, 0.25) is 0 Å². The van der Waals surface area contributed by atoms with Crippen LogP contribution in [0.4, 0.5) is 13.2 Å².